The molecule has 0 spiro atoms. The molecule has 4 atom stereocenters. The van der Waals surface area contributed by atoms with Gasteiger partial charge < -0.3 is 52.5 Å². The summed E-state index contributed by atoms with van der Waals surface area (Å²) in [7, 11) is 0. The summed E-state index contributed by atoms with van der Waals surface area (Å²) >= 11 is 0. The van der Waals surface area contributed by atoms with E-state index < -0.39 is 0 Å². The van der Waals surface area contributed by atoms with E-state index in [0.29, 0.717) is 0 Å². The van der Waals surface area contributed by atoms with Crippen LogP contribution < -0.4 is 24.8 Å². The first-order valence-electron chi connectivity index (χ1n) is 7.30. The molecule has 0 aromatic rings. The summed E-state index contributed by atoms with van der Waals surface area (Å²) in [5.41, 5.74) is 0. The van der Waals surface area contributed by atoms with Crippen LogP contribution in [-0.4, -0.2) is 11.0 Å². The summed E-state index contributed by atoms with van der Waals surface area (Å²) in [4.78, 5) is 0. The van der Waals surface area contributed by atoms with Crippen LogP contribution in [0.1, 0.15) is 25.7 Å². The minimum Gasteiger partial charge on any atom is -1.00 e. The molecule has 0 aromatic carbocycles. The zero-order valence-corrected chi connectivity index (χ0v) is 21.1. The van der Waals surface area contributed by atoms with E-state index >= 15 is 0 Å². The van der Waals surface area contributed by atoms with Gasteiger partial charge in [0.15, 0.2) is 0 Å². The number of rotatable bonds is 0. The molecule has 2 fully saturated rings. The molecule has 137 valence electrons. The van der Waals surface area contributed by atoms with Crippen molar-refractivity contribution in [3.05, 3.63) is 76.3 Å². The molecular formula is C20H31Cl2SiZr-4. The van der Waals surface area contributed by atoms with Crippen molar-refractivity contribution in [1.29, 1.82) is 0 Å². The van der Waals surface area contributed by atoms with Gasteiger partial charge in [-0.1, -0.05) is 49.3 Å². The Hall–Kier alpha value is 0.640. The smallest absolute Gasteiger partial charge is 1.00 e. The van der Waals surface area contributed by atoms with Gasteiger partial charge in [0.2, 0.25) is 0 Å². The van der Waals surface area contributed by atoms with Crippen LogP contribution in [0.4, 0.5) is 0 Å². The van der Waals surface area contributed by atoms with Crippen LogP contribution in [0.3, 0.4) is 0 Å². The Morgan fingerprint density at radius 1 is 0.625 bits per heavy atom. The van der Waals surface area contributed by atoms with Gasteiger partial charge in [-0.2, -0.15) is 12.8 Å². The van der Waals surface area contributed by atoms with Crippen molar-refractivity contribution in [3.63, 3.8) is 0 Å². The topological polar surface area (TPSA) is 0 Å². The van der Waals surface area contributed by atoms with Crippen molar-refractivity contribution < 1.29 is 51.0 Å². The third kappa shape index (κ3) is 8.84. The van der Waals surface area contributed by atoms with Crippen LogP contribution in [0.15, 0.2) is 48.6 Å². The summed E-state index contributed by atoms with van der Waals surface area (Å²) in [5.74, 6) is 3.23. The van der Waals surface area contributed by atoms with Gasteiger partial charge in [0.25, 0.3) is 0 Å². The van der Waals surface area contributed by atoms with Gasteiger partial charge in [-0.3, -0.25) is 0 Å². The maximum atomic E-state index is 2.42. The summed E-state index contributed by atoms with van der Waals surface area (Å²) < 4.78 is 0. The molecule has 1 radical (unpaired) electrons. The van der Waals surface area contributed by atoms with E-state index in [1.807, 2.05) is 0 Å². The Bertz CT molecular complexity index is 330. The van der Waals surface area contributed by atoms with Gasteiger partial charge >= 0.3 is 26.2 Å². The molecule has 2 saturated carbocycles. The zero-order valence-electron chi connectivity index (χ0n) is 15.2. The molecule has 0 amide bonds. The molecule has 0 aliphatic heterocycles. The number of hydrogen-bond donors (Lipinski definition) is 0. The second-order valence-corrected chi connectivity index (χ2v) is 5.65. The van der Waals surface area contributed by atoms with Crippen molar-refractivity contribution in [2.75, 3.05) is 0 Å². The third-order valence-electron chi connectivity index (χ3n) is 4.47. The maximum absolute atomic E-state index is 2.42. The first-order valence-corrected chi connectivity index (χ1v) is 7.30. The fraction of sp³-hybridized carbons (Fsp3) is 0.400. The summed E-state index contributed by atoms with van der Waals surface area (Å²) in [6.45, 7) is 0. The average molecular weight is 462 g/mol. The molecule has 0 saturated heterocycles. The van der Waals surface area contributed by atoms with E-state index in [9.17, 15) is 0 Å². The first-order chi connectivity index (χ1) is 8.93. The number of halogens is 2. The van der Waals surface area contributed by atoms with Crippen LogP contribution in [0.5, 0.6) is 0 Å². The summed E-state index contributed by atoms with van der Waals surface area (Å²) in [6, 6.07) is 0. The molecule has 4 rings (SSSR count). The van der Waals surface area contributed by atoms with Crippen molar-refractivity contribution in [2.24, 2.45) is 23.7 Å². The monoisotopic (exact) mass is 459 g/mol. The number of hydrogen-bond acceptors (Lipinski definition) is 0. The molecule has 24 heavy (non-hydrogen) atoms. The predicted molar refractivity (Wildman–Crippen MR) is 100 cm³/mol. The van der Waals surface area contributed by atoms with E-state index in [-0.39, 0.29) is 76.8 Å². The molecular weight excluding hydrogens is 430 g/mol. The maximum Gasteiger partial charge on any atom is 2.00 e. The Labute approximate surface area is 186 Å². The number of allylic oxidation sites excluding steroid dienone is 8. The van der Waals surface area contributed by atoms with Crippen molar-refractivity contribution >= 4 is 11.0 Å². The van der Waals surface area contributed by atoms with Crippen LogP contribution >= 0.6 is 0 Å². The van der Waals surface area contributed by atoms with Crippen LogP contribution in [0.25, 0.3) is 0 Å². The van der Waals surface area contributed by atoms with Crippen molar-refractivity contribution in [1.82, 2.24) is 0 Å². The standard InChI is InChI=1S/2C9H11.2CH3.2ClH.H3Si.Zr/c2*1-2-5-9-7-3-6-8(9)4-1;;;;;;/h2*1-2,4-6,8-9H,3,7H2;2*1H3;2*1H;1H3;/q4*-1;;;;+2/p-2. The van der Waals surface area contributed by atoms with E-state index in [2.05, 4.69) is 61.4 Å². The molecule has 0 N–H and O–H groups in total. The minimum absolute atomic E-state index is 0. The van der Waals surface area contributed by atoms with Crippen LogP contribution in [0.2, 0.25) is 0 Å². The summed E-state index contributed by atoms with van der Waals surface area (Å²) in [5, 5.41) is 0. The van der Waals surface area contributed by atoms with Crippen LogP contribution in [0, 0.1) is 51.4 Å². The zero-order chi connectivity index (χ0) is 12.2. The Morgan fingerprint density at radius 3 is 1.29 bits per heavy atom. The van der Waals surface area contributed by atoms with Gasteiger partial charge in [-0.25, -0.2) is 0 Å². The van der Waals surface area contributed by atoms with Crippen molar-refractivity contribution in [2.45, 2.75) is 25.7 Å². The molecule has 4 unspecified atom stereocenters. The van der Waals surface area contributed by atoms with Gasteiger partial charge in [0.1, 0.15) is 0 Å². The third-order valence-corrected chi connectivity index (χ3v) is 4.47. The fourth-order valence-electron chi connectivity index (χ4n) is 3.39. The Kier molecular flexibility index (Phi) is 23.0. The van der Waals surface area contributed by atoms with E-state index in [1.165, 1.54) is 25.7 Å². The van der Waals surface area contributed by atoms with Gasteiger partial charge in [-0.05, 0) is 22.8 Å². The Morgan fingerprint density at radius 2 is 0.958 bits per heavy atom. The second kappa shape index (κ2) is 17.1. The van der Waals surface area contributed by atoms with Gasteiger partial charge in [0, 0.05) is 0 Å². The van der Waals surface area contributed by atoms with Crippen LogP contribution in [-0.2, 0) is 26.2 Å². The largest absolute Gasteiger partial charge is 2.00 e. The molecule has 4 aliphatic rings. The van der Waals surface area contributed by atoms with E-state index in [1.54, 1.807) is 0 Å². The molecule has 0 nitrogen and oxygen atoms in total. The molecule has 0 aromatic heterocycles. The fourth-order valence-corrected chi connectivity index (χ4v) is 3.39. The second-order valence-electron chi connectivity index (χ2n) is 5.65. The van der Waals surface area contributed by atoms with Crippen molar-refractivity contribution in [3.8, 4) is 0 Å². The Balaban J connectivity index is -0.000000133. The molecule has 0 bridgehead atoms. The molecule has 4 heteroatoms. The average Bonchev–Trinajstić information content (AvgIpc) is 3.08. The van der Waals surface area contributed by atoms with Gasteiger partial charge in [0.05, 0.1) is 0 Å². The first kappa shape index (κ1) is 32.3. The van der Waals surface area contributed by atoms with E-state index in [4.69, 9.17) is 0 Å². The predicted octanol–water partition coefficient (Wildman–Crippen LogP) is -1.59. The summed E-state index contributed by atoms with van der Waals surface area (Å²) in [6.07, 6.45) is 28.1. The van der Waals surface area contributed by atoms with E-state index in [0.717, 1.165) is 23.7 Å². The minimum atomic E-state index is 0. The number of fused-ring (bicyclic) bond motifs is 2. The molecule has 4 aliphatic carbocycles. The quantitative estimate of drug-likeness (QED) is 0.302. The molecule has 0 heterocycles. The normalized spacial score (nSPS) is 29.3. The van der Waals surface area contributed by atoms with Gasteiger partial charge in [-0.15, -0.1) is 24.0 Å². The SMILES string of the molecule is C1=CC2[CH-]CCC2C=C1.C1=CC2[CH-]CCC2C=C1.[CH3-].[CH3-].[Cl-].[Cl-].[SiH3].[Zr+2].